The van der Waals surface area contributed by atoms with Gasteiger partial charge in [0, 0.05) is 29.4 Å². The fourth-order valence-corrected chi connectivity index (χ4v) is 3.55. The minimum atomic E-state index is -4.40. The fourth-order valence-electron chi connectivity index (χ4n) is 3.55. The third kappa shape index (κ3) is 4.17. The summed E-state index contributed by atoms with van der Waals surface area (Å²) >= 11 is 0. The van der Waals surface area contributed by atoms with Gasteiger partial charge < -0.3 is 16.4 Å². The van der Waals surface area contributed by atoms with Crippen LogP contribution >= 0.6 is 12.4 Å². The summed E-state index contributed by atoms with van der Waals surface area (Å²) in [7, 11) is 0. The summed E-state index contributed by atoms with van der Waals surface area (Å²) in [6, 6.07) is 11.9. The van der Waals surface area contributed by atoms with Crippen molar-refractivity contribution in [3.63, 3.8) is 0 Å². The van der Waals surface area contributed by atoms with Crippen molar-refractivity contribution >= 4 is 34.9 Å². The monoisotopic (exact) mass is 437 g/mol. The Hall–Kier alpha value is -2.91. The summed E-state index contributed by atoms with van der Waals surface area (Å²) in [5.41, 5.74) is 5.76. The van der Waals surface area contributed by atoms with Crippen LogP contribution in [0.25, 0.3) is 22.0 Å². The van der Waals surface area contributed by atoms with E-state index in [2.05, 4.69) is 20.8 Å². The van der Waals surface area contributed by atoms with Crippen molar-refractivity contribution < 1.29 is 18.0 Å². The van der Waals surface area contributed by atoms with E-state index in [-0.39, 0.29) is 24.4 Å². The molecular formula is C20H19ClF3N5O. The van der Waals surface area contributed by atoms with Crippen molar-refractivity contribution in [2.75, 3.05) is 18.4 Å². The third-order valence-electron chi connectivity index (χ3n) is 5.07. The van der Waals surface area contributed by atoms with E-state index >= 15 is 0 Å². The fraction of sp³-hybridized carbons (Fsp3) is 0.250. The number of nitrogens with one attached hydrogen (secondary N) is 2. The molecule has 0 unspecified atom stereocenters. The molecule has 2 aromatic carbocycles. The highest BCUT2D eigenvalue weighted by atomic mass is 35.5. The number of hydrogen-bond acceptors (Lipinski definition) is 5. The van der Waals surface area contributed by atoms with Crippen LogP contribution in [0.15, 0.2) is 48.5 Å². The molecule has 2 heterocycles. The molecule has 0 bridgehead atoms. The molecule has 4 rings (SSSR count). The highest BCUT2D eigenvalue weighted by Gasteiger charge is 2.32. The largest absolute Gasteiger partial charge is 0.416 e. The van der Waals surface area contributed by atoms with E-state index in [1.807, 2.05) is 24.3 Å². The summed E-state index contributed by atoms with van der Waals surface area (Å²) in [6.45, 7) is 1.05. The van der Waals surface area contributed by atoms with E-state index in [0.717, 1.165) is 22.9 Å². The van der Waals surface area contributed by atoms with Gasteiger partial charge >= 0.3 is 6.18 Å². The summed E-state index contributed by atoms with van der Waals surface area (Å²) < 4.78 is 38.5. The minimum absolute atomic E-state index is 0. The molecule has 0 aliphatic carbocycles. The van der Waals surface area contributed by atoms with E-state index in [4.69, 9.17) is 5.73 Å². The maximum atomic E-state index is 12.8. The second-order valence-corrected chi connectivity index (χ2v) is 6.94. The molecule has 0 spiro atoms. The molecule has 158 valence electrons. The number of amides is 1. The Balaban J connectivity index is 0.00000256. The quantitative estimate of drug-likeness (QED) is 0.582. The second kappa shape index (κ2) is 8.45. The van der Waals surface area contributed by atoms with Gasteiger partial charge in [0.05, 0.1) is 17.5 Å². The predicted molar refractivity (Wildman–Crippen MR) is 110 cm³/mol. The number of nitrogens with zero attached hydrogens (tertiary/aromatic N) is 2. The van der Waals surface area contributed by atoms with Crippen molar-refractivity contribution in [2.24, 2.45) is 11.7 Å². The second-order valence-electron chi connectivity index (χ2n) is 6.94. The van der Waals surface area contributed by atoms with Gasteiger partial charge in [0.25, 0.3) is 0 Å². The summed E-state index contributed by atoms with van der Waals surface area (Å²) in [5, 5.41) is 16.4. The molecular weight excluding hydrogens is 419 g/mol. The number of primary amides is 1. The number of carbonyl (C=O) groups excluding carboxylic acids is 1. The van der Waals surface area contributed by atoms with Crippen LogP contribution in [0.2, 0.25) is 0 Å². The lowest BCUT2D eigenvalue weighted by molar-refractivity contribution is -0.137. The van der Waals surface area contributed by atoms with Crippen molar-refractivity contribution in [3.05, 3.63) is 54.1 Å². The average Bonchev–Trinajstić information content (AvgIpc) is 3.16. The minimum Gasteiger partial charge on any atom is -0.369 e. The maximum absolute atomic E-state index is 12.8. The molecule has 6 nitrogen and oxygen atoms in total. The van der Waals surface area contributed by atoms with Gasteiger partial charge in [-0.1, -0.05) is 36.4 Å². The Labute approximate surface area is 176 Å². The van der Waals surface area contributed by atoms with Gasteiger partial charge in [-0.05, 0) is 12.1 Å². The number of carbonyl (C=O) groups is 1. The molecule has 0 radical (unpaired) electrons. The Kier molecular flexibility index (Phi) is 6.14. The van der Waals surface area contributed by atoms with Crippen LogP contribution in [0.3, 0.4) is 0 Å². The third-order valence-corrected chi connectivity index (χ3v) is 5.07. The number of aromatic nitrogens is 2. The Morgan fingerprint density at radius 3 is 2.33 bits per heavy atom. The van der Waals surface area contributed by atoms with E-state index in [0.29, 0.717) is 30.2 Å². The molecule has 0 saturated carbocycles. The molecule has 10 heteroatoms. The van der Waals surface area contributed by atoms with Crippen molar-refractivity contribution in [2.45, 2.75) is 12.2 Å². The van der Waals surface area contributed by atoms with E-state index in [1.54, 1.807) is 0 Å². The highest BCUT2D eigenvalue weighted by molar-refractivity contribution is 6.00. The molecule has 1 aromatic heterocycles. The first kappa shape index (κ1) is 21.8. The zero-order valence-electron chi connectivity index (χ0n) is 15.6. The summed E-state index contributed by atoms with van der Waals surface area (Å²) in [6.07, 6.45) is -4.40. The van der Waals surface area contributed by atoms with Crippen LogP contribution in [-0.2, 0) is 11.0 Å². The van der Waals surface area contributed by atoms with Crippen LogP contribution in [0.1, 0.15) is 5.56 Å². The lowest BCUT2D eigenvalue weighted by atomic mass is 10.0. The van der Waals surface area contributed by atoms with Crippen LogP contribution in [0, 0.1) is 5.92 Å². The summed E-state index contributed by atoms with van der Waals surface area (Å²) in [4.78, 5) is 11.6. The van der Waals surface area contributed by atoms with Gasteiger partial charge in [-0.25, -0.2) is 0 Å². The predicted octanol–water partition coefficient (Wildman–Crippen LogP) is 3.22. The first-order valence-electron chi connectivity index (χ1n) is 9.04. The molecule has 30 heavy (non-hydrogen) atoms. The number of rotatable bonds is 4. The SMILES string of the molecule is Cl.NC(=O)[C@@H]1CNC[C@H]1Nc1nnc(-c2ccc(C(F)(F)F)cc2)c2ccccc12. The zero-order chi connectivity index (χ0) is 20.6. The number of fused-ring (bicyclic) bond motifs is 1. The van der Waals surface area contributed by atoms with Gasteiger partial charge in [-0.2, -0.15) is 13.2 Å². The van der Waals surface area contributed by atoms with Gasteiger partial charge in [-0.15, -0.1) is 22.6 Å². The highest BCUT2D eigenvalue weighted by Crippen LogP contribution is 2.33. The zero-order valence-corrected chi connectivity index (χ0v) is 16.4. The lowest BCUT2D eigenvalue weighted by Crippen LogP contribution is -2.37. The van der Waals surface area contributed by atoms with Crippen LogP contribution < -0.4 is 16.4 Å². The molecule has 1 fully saturated rings. The number of halogens is 4. The Bertz CT molecular complexity index is 1060. The number of hydrogen-bond donors (Lipinski definition) is 3. The van der Waals surface area contributed by atoms with Crippen molar-refractivity contribution in [1.29, 1.82) is 0 Å². The van der Waals surface area contributed by atoms with E-state index in [1.165, 1.54) is 12.1 Å². The topological polar surface area (TPSA) is 92.9 Å². The molecule has 1 aliphatic heterocycles. The first-order chi connectivity index (χ1) is 13.8. The Morgan fingerprint density at radius 1 is 1.03 bits per heavy atom. The van der Waals surface area contributed by atoms with Crippen molar-refractivity contribution in [1.82, 2.24) is 15.5 Å². The van der Waals surface area contributed by atoms with E-state index in [9.17, 15) is 18.0 Å². The number of nitrogens with two attached hydrogens (primary N) is 1. The van der Waals surface area contributed by atoms with Gasteiger partial charge in [0.15, 0.2) is 5.82 Å². The maximum Gasteiger partial charge on any atom is 0.416 e. The molecule has 1 aliphatic rings. The normalized spacial score (nSPS) is 18.8. The van der Waals surface area contributed by atoms with Gasteiger partial charge in [0.1, 0.15) is 5.69 Å². The molecule has 1 saturated heterocycles. The molecule has 4 N–H and O–H groups in total. The number of benzene rings is 2. The average molecular weight is 438 g/mol. The molecule has 2 atom stereocenters. The number of anilines is 1. The van der Waals surface area contributed by atoms with Gasteiger partial charge in [0.2, 0.25) is 5.91 Å². The van der Waals surface area contributed by atoms with Crippen LogP contribution in [0.4, 0.5) is 19.0 Å². The summed E-state index contributed by atoms with van der Waals surface area (Å²) in [5.74, 6) is -0.271. The smallest absolute Gasteiger partial charge is 0.369 e. The Morgan fingerprint density at radius 2 is 1.70 bits per heavy atom. The molecule has 3 aromatic rings. The van der Waals surface area contributed by atoms with Crippen LogP contribution in [0.5, 0.6) is 0 Å². The van der Waals surface area contributed by atoms with Crippen LogP contribution in [-0.4, -0.2) is 35.2 Å². The van der Waals surface area contributed by atoms with E-state index < -0.39 is 17.6 Å². The van der Waals surface area contributed by atoms with Crippen molar-refractivity contribution in [3.8, 4) is 11.3 Å². The molecule has 1 amide bonds. The lowest BCUT2D eigenvalue weighted by Gasteiger charge is -2.19. The number of alkyl halides is 3. The van der Waals surface area contributed by atoms with Gasteiger partial charge in [-0.3, -0.25) is 4.79 Å². The standard InChI is InChI=1S/C20H18F3N5O.ClH/c21-20(22,23)12-7-5-11(6-8-12)17-13-3-1-2-4-14(13)19(28-27-17)26-16-10-25-9-15(16)18(24)29;/h1-8,15-16,25H,9-10H2,(H2,24,29)(H,26,28);1H/t15-,16-;/m1./s1. The first-order valence-corrected chi connectivity index (χ1v) is 9.04.